The molecule has 0 aromatic heterocycles. The van der Waals surface area contributed by atoms with Crippen LogP contribution in [0.15, 0.2) is 22.7 Å². The fourth-order valence-electron chi connectivity index (χ4n) is 2.24. The monoisotopic (exact) mass is 301 g/mol. The summed E-state index contributed by atoms with van der Waals surface area (Å²) in [7, 11) is 0. The number of anilines is 1. The third-order valence-electron chi connectivity index (χ3n) is 2.92. The lowest BCUT2D eigenvalue weighted by atomic mass is 10.0. The molecule has 1 aromatic carbocycles. The standard InChI is InChI=1S/C11H12BrNS2/c12-8-1-2-10-9(7-8)11(3-4-13-10)14-5-6-15-11/h1-2,7,13H,3-6H2. The highest BCUT2D eigenvalue weighted by Crippen LogP contribution is 2.57. The first kappa shape index (κ1) is 10.4. The predicted molar refractivity (Wildman–Crippen MR) is 73.8 cm³/mol. The second-order valence-corrected chi connectivity index (χ2v) is 7.78. The van der Waals surface area contributed by atoms with Gasteiger partial charge in [-0.25, -0.2) is 0 Å². The lowest BCUT2D eigenvalue weighted by Gasteiger charge is -2.34. The minimum absolute atomic E-state index is 0.338. The van der Waals surface area contributed by atoms with Crippen LogP contribution >= 0.6 is 39.5 Å². The van der Waals surface area contributed by atoms with E-state index in [0.29, 0.717) is 4.08 Å². The van der Waals surface area contributed by atoms with E-state index in [-0.39, 0.29) is 0 Å². The Bertz CT molecular complexity index is 388. The van der Waals surface area contributed by atoms with Gasteiger partial charge in [0.1, 0.15) is 0 Å². The highest BCUT2D eigenvalue weighted by atomic mass is 79.9. The maximum absolute atomic E-state index is 3.57. The Morgan fingerprint density at radius 1 is 1.27 bits per heavy atom. The van der Waals surface area contributed by atoms with Gasteiger partial charge in [0.2, 0.25) is 0 Å². The lowest BCUT2D eigenvalue weighted by Crippen LogP contribution is -2.26. The van der Waals surface area contributed by atoms with Gasteiger partial charge in [0.05, 0.1) is 4.08 Å². The zero-order valence-electron chi connectivity index (χ0n) is 8.25. The SMILES string of the molecule is Brc1ccc2c(c1)C1(CCN2)SCCS1. The van der Waals surface area contributed by atoms with Crippen LogP contribution in [-0.4, -0.2) is 18.1 Å². The van der Waals surface area contributed by atoms with Gasteiger partial charge in [-0.1, -0.05) is 15.9 Å². The number of hydrogen-bond acceptors (Lipinski definition) is 3. The summed E-state index contributed by atoms with van der Waals surface area (Å²) < 4.78 is 1.53. The molecule has 2 heterocycles. The normalized spacial score (nSPS) is 22.5. The molecule has 4 heteroatoms. The molecule has 1 aromatic rings. The maximum Gasteiger partial charge on any atom is 0.0897 e. The quantitative estimate of drug-likeness (QED) is 0.780. The Labute approximate surface area is 107 Å². The molecular weight excluding hydrogens is 290 g/mol. The third kappa shape index (κ3) is 1.71. The highest BCUT2D eigenvalue weighted by Gasteiger charge is 2.40. The van der Waals surface area contributed by atoms with Crippen LogP contribution in [0.4, 0.5) is 5.69 Å². The maximum atomic E-state index is 3.57. The van der Waals surface area contributed by atoms with Crippen molar-refractivity contribution in [3.8, 4) is 0 Å². The van der Waals surface area contributed by atoms with Crippen LogP contribution in [0.2, 0.25) is 0 Å². The first-order chi connectivity index (χ1) is 7.30. The molecule has 0 aliphatic carbocycles. The molecule has 1 saturated heterocycles. The summed E-state index contributed by atoms with van der Waals surface area (Å²) in [6.45, 7) is 1.11. The van der Waals surface area contributed by atoms with E-state index in [9.17, 15) is 0 Å². The van der Waals surface area contributed by atoms with Gasteiger partial charge in [-0.3, -0.25) is 0 Å². The summed E-state index contributed by atoms with van der Waals surface area (Å²) in [4.78, 5) is 0. The van der Waals surface area contributed by atoms with Crippen molar-refractivity contribution in [2.45, 2.75) is 10.5 Å². The molecule has 0 atom stereocenters. The number of rotatable bonds is 0. The van der Waals surface area contributed by atoms with E-state index in [2.05, 4.69) is 63.0 Å². The number of thioether (sulfide) groups is 2. The van der Waals surface area contributed by atoms with E-state index in [4.69, 9.17) is 0 Å². The summed E-state index contributed by atoms with van der Waals surface area (Å²) in [6.07, 6.45) is 1.24. The van der Waals surface area contributed by atoms with Crippen molar-refractivity contribution in [1.29, 1.82) is 0 Å². The number of benzene rings is 1. The molecule has 1 nitrogen and oxygen atoms in total. The van der Waals surface area contributed by atoms with Crippen molar-refractivity contribution in [2.75, 3.05) is 23.4 Å². The Hall–Kier alpha value is 0.200. The second-order valence-electron chi connectivity index (χ2n) is 3.82. The molecule has 80 valence electrons. The summed E-state index contributed by atoms with van der Waals surface area (Å²) in [5, 5.41) is 3.49. The summed E-state index contributed by atoms with van der Waals surface area (Å²) >= 11 is 7.81. The molecule has 1 spiro atoms. The average molecular weight is 302 g/mol. The van der Waals surface area contributed by atoms with E-state index < -0.39 is 0 Å². The third-order valence-corrected chi connectivity index (χ3v) is 6.97. The van der Waals surface area contributed by atoms with E-state index in [0.717, 1.165) is 6.54 Å². The lowest BCUT2D eigenvalue weighted by molar-refractivity contribution is 0.766. The van der Waals surface area contributed by atoms with E-state index in [1.54, 1.807) is 0 Å². The second kappa shape index (κ2) is 3.90. The molecule has 0 bridgehead atoms. The smallest absolute Gasteiger partial charge is 0.0897 e. The molecular formula is C11H12BrNS2. The molecule has 0 amide bonds. The van der Waals surface area contributed by atoms with Crippen molar-refractivity contribution in [3.05, 3.63) is 28.2 Å². The molecule has 0 unspecified atom stereocenters. The number of nitrogens with one attached hydrogen (secondary N) is 1. The van der Waals surface area contributed by atoms with Gasteiger partial charge in [0, 0.05) is 33.8 Å². The van der Waals surface area contributed by atoms with Gasteiger partial charge in [0.15, 0.2) is 0 Å². The van der Waals surface area contributed by atoms with Crippen molar-refractivity contribution < 1.29 is 0 Å². The van der Waals surface area contributed by atoms with Crippen LogP contribution in [0.3, 0.4) is 0 Å². The van der Waals surface area contributed by atoms with Crippen molar-refractivity contribution in [1.82, 2.24) is 0 Å². The van der Waals surface area contributed by atoms with Crippen LogP contribution in [0.25, 0.3) is 0 Å². The van der Waals surface area contributed by atoms with Crippen LogP contribution in [0.1, 0.15) is 12.0 Å². The van der Waals surface area contributed by atoms with Gasteiger partial charge < -0.3 is 5.32 Å². The van der Waals surface area contributed by atoms with Gasteiger partial charge in [-0.2, -0.15) is 0 Å². The number of fused-ring (bicyclic) bond motifs is 2. The zero-order valence-corrected chi connectivity index (χ0v) is 11.5. The average Bonchev–Trinajstić information content (AvgIpc) is 2.69. The Kier molecular flexibility index (Phi) is 2.69. The summed E-state index contributed by atoms with van der Waals surface area (Å²) in [5.74, 6) is 2.58. The van der Waals surface area contributed by atoms with Gasteiger partial charge >= 0.3 is 0 Å². The van der Waals surface area contributed by atoms with Crippen LogP contribution < -0.4 is 5.32 Å². The fourth-order valence-corrected chi connectivity index (χ4v) is 5.90. The summed E-state index contributed by atoms with van der Waals surface area (Å²) in [6, 6.07) is 6.60. The van der Waals surface area contributed by atoms with Crippen LogP contribution in [-0.2, 0) is 4.08 Å². The highest BCUT2D eigenvalue weighted by molar-refractivity contribution is 9.10. The minimum Gasteiger partial charge on any atom is -0.385 e. The van der Waals surface area contributed by atoms with Gasteiger partial charge in [-0.15, -0.1) is 23.5 Å². The van der Waals surface area contributed by atoms with Gasteiger partial charge in [0.25, 0.3) is 0 Å². The molecule has 2 aliphatic heterocycles. The first-order valence-electron chi connectivity index (χ1n) is 5.12. The minimum atomic E-state index is 0.338. The molecule has 15 heavy (non-hydrogen) atoms. The molecule has 3 rings (SSSR count). The molecule has 0 saturated carbocycles. The Morgan fingerprint density at radius 2 is 2.07 bits per heavy atom. The topological polar surface area (TPSA) is 12.0 Å². The number of hydrogen-bond donors (Lipinski definition) is 1. The van der Waals surface area contributed by atoms with Gasteiger partial charge in [-0.05, 0) is 24.6 Å². The van der Waals surface area contributed by atoms with Crippen molar-refractivity contribution in [2.24, 2.45) is 0 Å². The largest absolute Gasteiger partial charge is 0.385 e. The van der Waals surface area contributed by atoms with Crippen LogP contribution in [0.5, 0.6) is 0 Å². The van der Waals surface area contributed by atoms with E-state index in [1.165, 1.54) is 33.7 Å². The molecule has 0 radical (unpaired) electrons. The molecule has 1 N–H and O–H groups in total. The molecule has 2 aliphatic rings. The van der Waals surface area contributed by atoms with E-state index in [1.807, 2.05) is 0 Å². The van der Waals surface area contributed by atoms with Crippen LogP contribution in [0, 0.1) is 0 Å². The summed E-state index contributed by atoms with van der Waals surface area (Å²) in [5.41, 5.74) is 2.81. The fraction of sp³-hybridized carbons (Fsp3) is 0.455. The predicted octanol–water partition coefficient (Wildman–Crippen LogP) is 3.90. The Morgan fingerprint density at radius 3 is 2.87 bits per heavy atom. The molecule has 1 fully saturated rings. The Balaban J connectivity index is 2.12. The van der Waals surface area contributed by atoms with E-state index >= 15 is 0 Å². The number of halogens is 1. The van der Waals surface area contributed by atoms with Crippen molar-refractivity contribution >= 4 is 45.1 Å². The zero-order chi connectivity index (χ0) is 10.3. The first-order valence-corrected chi connectivity index (χ1v) is 7.88. The van der Waals surface area contributed by atoms with Crippen molar-refractivity contribution in [3.63, 3.8) is 0 Å².